The zero-order valence-electron chi connectivity index (χ0n) is 14.1. The summed E-state index contributed by atoms with van der Waals surface area (Å²) in [5.74, 6) is 0.194. The van der Waals surface area contributed by atoms with Crippen molar-refractivity contribution in [1.29, 1.82) is 0 Å². The summed E-state index contributed by atoms with van der Waals surface area (Å²) in [6.07, 6.45) is 2.43. The van der Waals surface area contributed by atoms with Gasteiger partial charge in [-0.25, -0.2) is 0 Å². The largest absolute Gasteiger partial charge is 0.300 e. The molecule has 1 heterocycles. The highest BCUT2D eigenvalue weighted by Gasteiger charge is 2.06. The zero-order chi connectivity index (χ0) is 16.6. The maximum absolute atomic E-state index is 11.3. The highest BCUT2D eigenvalue weighted by molar-refractivity contribution is 5.85. The van der Waals surface area contributed by atoms with Crippen LogP contribution in [0.25, 0.3) is 22.0 Å². The number of aryl methyl sites for hydroxylation is 3. The summed E-state index contributed by atoms with van der Waals surface area (Å²) in [6, 6.07) is 12.8. The fourth-order valence-corrected chi connectivity index (χ4v) is 2.89. The Labute approximate surface area is 137 Å². The number of hydrogen-bond acceptors (Lipinski definition) is 2. The van der Waals surface area contributed by atoms with E-state index in [0.29, 0.717) is 6.42 Å². The van der Waals surface area contributed by atoms with Gasteiger partial charge in [-0.1, -0.05) is 18.2 Å². The Balaban J connectivity index is 2.04. The van der Waals surface area contributed by atoms with Crippen LogP contribution in [0, 0.1) is 20.8 Å². The molecule has 0 saturated carbocycles. The van der Waals surface area contributed by atoms with E-state index in [0.717, 1.165) is 33.2 Å². The van der Waals surface area contributed by atoms with Gasteiger partial charge in [0.1, 0.15) is 5.78 Å². The predicted molar refractivity (Wildman–Crippen MR) is 95.8 cm³/mol. The van der Waals surface area contributed by atoms with Crippen molar-refractivity contribution < 1.29 is 4.79 Å². The van der Waals surface area contributed by atoms with Gasteiger partial charge in [0.25, 0.3) is 0 Å². The Morgan fingerprint density at radius 1 is 0.913 bits per heavy atom. The molecule has 0 unspecified atom stereocenters. The smallest absolute Gasteiger partial charge is 0.134 e. The van der Waals surface area contributed by atoms with Gasteiger partial charge in [0.15, 0.2) is 0 Å². The Kier molecular flexibility index (Phi) is 3.99. The normalized spacial score (nSPS) is 11.0. The third-order valence-corrected chi connectivity index (χ3v) is 4.41. The summed E-state index contributed by atoms with van der Waals surface area (Å²) in [5.41, 5.74) is 8.08. The Morgan fingerprint density at radius 3 is 2.35 bits per heavy atom. The van der Waals surface area contributed by atoms with Crippen molar-refractivity contribution in [3.05, 3.63) is 64.8 Å². The summed E-state index contributed by atoms with van der Waals surface area (Å²) in [5, 5.41) is 1.16. The van der Waals surface area contributed by atoms with Crippen molar-refractivity contribution in [1.82, 2.24) is 4.98 Å². The van der Waals surface area contributed by atoms with E-state index in [1.807, 2.05) is 6.20 Å². The lowest BCUT2D eigenvalue weighted by atomic mass is 9.97. The lowest BCUT2D eigenvalue weighted by molar-refractivity contribution is -0.116. The maximum atomic E-state index is 11.3. The number of carbonyl (C=O) groups is 1. The molecule has 0 amide bonds. The standard InChI is InChI=1S/C21H21NO/c1-13-7-19-11-20(12-22-21(19)9-14(13)2)18-6-5-17(10-16(4)23)15(3)8-18/h5-9,11-12H,10H2,1-4H3. The molecular weight excluding hydrogens is 282 g/mol. The molecule has 0 atom stereocenters. The summed E-state index contributed by atoms with van der Waals surface area (Å²) in [6.45, 7) is 7.93. The molecule has 0 radical (unpaired) electrons. The van der Waals surface area contributed by atoms with Crippen molar-refractivity contribution in [2.45, 2.75) is 34.1 Å². The van der Waals surface area contributed by atoms with Gasteiger partial charge in [-0.3, -0.25) is 9.78 Å². The number of benzene rings is 2. The minimum Gasteiger partial charge on any atom is -0.300 e. The first kappa shape index (κ1) is 15.4. The molecule has 3 aromatic rings. The molecule has 0 aliphatic rings. The highest BCUT2D eigenvalue weighted by Crippen LogP contribution is 2.26. The van der Waals surface area contributed by atoms with Crippen LogP contribution < -0.4 is 0 Å². The van der Waals surface area contributed by atoms with Gasteiger partial charge in [-0.2, -0.15) is 0 Å². The number of Topliss-reactive ketones (excluding diaryl/α,β-unsaturated/α-hetero) is 1. The van der Waals surface area contributed by atoms with Gasteiger partial charge in [-0.15, -0.1) is 0 Å². The van der Waals surface area contributed by atoms with Crippen LogP contribution in [0.5, 0.6) is 0 Å². The third-order valence-electron chi connectivity index (χ3n) is 4.41. The number of rotatable bonds is 3. The number of pyridine rings is 1. The molecule has 0 spiro atoms. The van der Waals surface area contributed by atoms with Crippen molar-refractivity contribution in [3.63, 3.8) is 0 Å². The second-order valence-electron chi connectivity index (χ2n) is 6.37. The lowest BCUT2D eigenvalue weighted by Gasteiger charge is -2.09. The van der Waals surface area contributed by atoms with Crippen LogP contribution in [0.15, 0.2) is 42.6 Å². The quantitative estimate of drug-likeness (QED) is 0.684. The van der Waals surface area contributed by atoms with E-state index in [-0.39, 0.29) is 5.78 Å². The summed E-state index contributed by atoms with van der Waals surface area (Å²) in [4.78, 5) is 15.9. The molecule has 0 bridgehead atoms. The van der Waals surface area contributed by atoms with Crippen molar-refractivity contribution >= 4 is 16.7 Å². The second kappa shape index (κ2) is 5.96. The van der Waals surface area contributed by atoms with Gasteiger partial charge >= 0.3 is 0 Å². The van der Waals surface area contributed by atoms with E-state index in [4.69, 9.17) is 0 Å². The maximum Gasteiger partial charge on any atom is 0.134 e. The van der Waals surface area contributed by atoms with Gasteiger partial charge in [0.2, 0.25) is 0 Å². The van der Waals surface area contributed by atoms with Crippen molar-refractivity contribution in [3.8, 4) is 11.1 Å². The molecule has 3 rings (SSSR count). The molecule has 0 saturated heterocycles. The van der Waals surface area contributed by atoms with Crippen LogP contribution in [-0.4, -0.2) is 10.8 Å². The molecule has 2 nitrogen and oxygen atoms in total. The van der Waals surface area contributed by atoms with Crippen LogP contribution in [0.3, 0.4) is 0 Å². The van der Waals surface area contributed by atoms with Crippen LogP contribution in [0.2, 0.25) is 0 Å². The van der Waals surface area contributed by atoms with Gasteiger partial charge < -0.3 is 0 Å². The van der Waals surface area contributed by atoms with Gasteiger partial charge in [0, 0.05) is 23.6 Å². The number of ketones is 1. The highest BCUT2D eigenvalue weighted by atomic mass is 16.1. The minimum absolute atomic E-state index is 0.194. The number of carbonyl (C=O) groups excluding carboxylic acids is 1. The molecule has 116 valence electrons. The first-order chi connectivity index (χ1) is 10.9. The molecule has 0 fully saturated rings. The van der Waals surface area contributed by atoms with Crippen LogP contribution in [0.1, 0.15) is 29.2 Å². The Morgan fingerprint density at radius 2 is 1.65 bits per heavy atom. The minimum atomic E-state index is 0.194. The third kappa shape index (κ3) is 3.16. The number of aromatic nitrogens is 1. The number of fused-ring (bicyclic) bond motifs is 1. The first-order valence-electron chi connectivity index (χ1n) is 7.90. The summed E-state index contributed by atoms with van der Waals surface area (Å²) >= 11 is 0. The van der Waals surface area contributed by atoms with Gasteiger partial charge in [-0.05, 0) is 73.7 Å². The SMILES string of the molecule is CC(=O)Cc1ccc(-c2cnc3cc(C)c(C)cc3c2)cc1C. The molecule has 23 heavy (non-hydrogen) atoms. The average Bonchev–Trinajstić information content (AvgIpc) is 2.49. The van der Waals surface area contributed by atoms with E-state index < -0.39 is 0 Å². The fourth-order valence-electron chi connectivity index (χ4n) is 2.89. The van der Waals surface area contributed by atoms with Crippen molar-refractivity contribution in [2.75, 3.05) is 0 Å². The van der Waals surface area contributed by atoms with Gasteiger partial charge in [0.05, 0.1) is 5.52 Å². The second-order valence-corrected chi connectivity index (χ2v) is 6.37. The molecule has 2 aromatic carbocycles. The monoisotopic (exact) mass is 303 g/mol. The molecule has 0 N–H and O–H groups in total. The van der Waals surface area contributed by atoms with E-state index >= 15 is 0 Å². The average molecular weight is 303 g/mol. The van der Waals surface area contributed by atoms with E-state index in [9.17, 15) is 4.79 Å². The Bertz CT molecular complexity index is 909. The van der Waals surface area contributed by atoms with E-state index in [2.05, 4.69) is 62.2 Å². The molecular formula is C21H21NO. The topological polar surface area (TPSA) is 30.0 Å². The molecule has 1 aromatic heterocycles. The molecule has 0 aliphatic carbocycles. The Hall–Kier alpha value is -2.48. The van der Waals surface area contributed by atoms with Crippen LogP contribution in [-0.2, 0) is 11.2 Å². The van der Waals surface area contributed by atoms with Crippen molar-refractivity contribution in [2.24, 2.45) is 0 Å². The first-order valence-corrected chi connectivity index (χ1v) is 7.90. The number of hydrogen-bond donors (Lipinski definition) is 0. The predicted octanol–water partition coefficient (Wildman–Crippen LogP) is 4.96. The van der Waals surface area contributed by atoms with E-state index in [1.54, 1.807) is 6.92 Å². The lowest BCUT2D eigenvalue weighted by Crippen LogP contribution is -1.98. The number of nitrogens with zero attached hydrogens (tertiary/aromatic N) is 1. The molecule has 2 heteroatoms. The van der Waals surface area contributed by atoms with Crippen LogP contribution in [0.4, 0.5) is 0 Å². The summed E-state index contributed by atoms with van der Waals surface area (Å²) in [7, 11) is 0. The van der Waals surface area contributed by atoms with Crippen LogP contribution >= 0.6 is 0 Å². The zero-order valence-corrected chi connectivity index (χ0v) is 14.1. The molecule has 0 aliphatic heterocycles. The van der Waals surface area contributed by atoms with E-state index in [1.165, 1.54) is 11.1 Å². The fraction of sp³-hybridized carbons (Fsp3) is 0.238. The summed E-state index contributed by atoms with van der Waals surface area (Å²) < 4.78 is 0.